The Morgan fingerprint density at radius 3 is 2.81 bits per heavy atom. The molecule has 2 bridgehead atoms. The van der Waals surface area contributed by atoms with Gasteiger partial charge in [0.15, 0.2) is 0 Å². The van der Waals surface area contributed by atoms with Gasteiger partial charge in [0.05, 0.1) is 30.3 Å². The molecule has 1 aliphatic heterocycles. The Morgan fingerprint density at radius 1 is 1.24 bits per heavy atom. The largest absolute Gasteiger partial charge is 0.495 e. The summed E-state index contributed by atoms with van der Waals surface area (Å²) in [5, 5.41) is -0.343. The van der Waals surface area contributed by atoms with Crippen LogP contribution in [0.1, 0.15) is 19.3 Å². The zero-order valence-electron chi connectivity index (χ0n) is 11.9. The maximum atomic E-state index is 12.8. The molecule has 1 aromatic carbocycles. The van der Waals surface area contributed by atoms with Crippen LogP contribution in [0.2, 0.25) is 0 Å². The van der Waals surface area contributed by atoms with Crippen molar-refractivity contribution in [1.29, 1.82) is 0 Å². The fourth-order valence-electron chi connectivity index (χ4n) is 4.03. The average Bonchev–Trinajstić information content (AvgIpc) is 3.30. The zero-order chi connectivity index (χ0) is 14.6. The van der Waals surface area contributed by atoms with E-state index in [-0.39, 0.29) is 17.3 Å². The first kappa shape index (κ1) is 13.4. The Hall–Kier alpha value is -1.27. The number of methoxy groups -OCH3 is 1. The Kier molecular flexibility index (Phi) is 2.94. The molecule has 21 heavy (non-hydrogen) atoms. The third-order valence-electron chi connectivity index (χ3n) is 5.09. The highest BCUT2D eigenvalue weighted by molar-refractivity contribution is 7.93. The number of rotatable bonds is 4. The standard InChI is InChI=1S/C15H19NO4S/c1-19-12-5-3-2-4-11(12)16-21(17,18)13-8-9-6-7-10(13)15-14(9)20-15/h2-5,9-10,13-16H,6-8H2,1H3/t9-,10+,13-,14-,15+/m1/s1. The number of anilines is 1. The summed E-state index contributed by atoms with van der Waals surface area (Å²) in [7, 11) is -1.88. The van der Waals surface area contributed by atoms with Crippen LogP contribution in [0, 0.1) is 11.8 Å². The lowest BCUT2D eigenvalue weighted by molar-refractivity contribution is 0.221. The van der Waals surface area contributed by atoms with Crippen molar-refractivity contribution in [1.82, 2.24) is 0 Å². The van der Waals surface area contributed by atoms with E-state index in [0.717, 1.165) is 19.3 Å². The lowest BCUT2D eigenvalue weighted by Crippen LogP contribution is -2.47. The van der Waals surface area contributed by atoms with Gasteiger partial charge in [-0.2, -0.15) is 0 Å². The van der Waals surface area contributed by atoms with Gasteiger partial charge in [0.25, 0.3) is 0 Å². The van der Waals surface area contributed by atoms with Gasteiger partial charge in [0.2, 0.25) is 10.0 Å². The lowest BCUT2D eigenvalue weighted by atomic mass is 9.70. The van der Waals surface area contributed by atoms with E-state index in [2.05, 4.69) is 4.72 Å². The lowest BCUT2D eigenvalue weighted by Gasteiger charge is -2.38. The van der Waals surface area contributed by atoms with E-state index in [1.165, 1.54) is 0 Å². The van der Waals surface area contributed by atoms with Crippen molar-refractivity contribution in [3.05, 3.63) is 24.3 Å². The van der Waals surface area contributed by atoms with E-state index in [1.807, 2.05) is 6.07 Å². The van der Waals surface area contributed by atoms with Gasteiger partial charge in [-0.05, 0) is 37.3 Å². The van der Waals surface area contributed by atoms with Crippen molar-refractivity contribution in [2.45, 2.75) is 36.7 Å². The minimum atomic E-state index is -3.42. The molecule has 5 rings (SSSR count). The fourth-order valence-corrected chi connectivity index (χ4v) is 5.91. The van der Waals surface area contributed by atoms with E-state index in [1.54, 1.807) is 25.3 Å². The maximum absolute atomic E-state index is 12.8. The molecule has 0 amide bonds. The molecule has 0 unspecified atom stereocenters. The number of benzene rings is 1. The van der Waals surface area contributed by atoms with Crippen LogP contribution < -0.4 is 9.46 Å². The monoisotopic (exact) mass is 309 g/mol. The molecular weight excluding hydrogens is 290 g/mol. The van der Waals surface area contributed by atoms with Crippen molar-refractivity contribution in [3.63, 3.8) is 0 Å². The molecule has 6 heteroatoms. The van der Waals surface area contributed by atoms with Crippen LogP contribution in [0.3, 0.4) is 0 Å². The molecule has 5 atom stereocenters. The minimum Gasteiger partial charge on any atom is -0.495 e. The highest BCUT2D eigenvalue weighted by atomic mass is 32.2. The summed E-state index contributed by atoms with van der Waals surface area (Å²) < 4.78 is 39.1. The van der Waals surface area contributed by atoms with E-state index in [9.17, 15) is 8.42 Å². The predicted octanol–water partition coefficient (Wildman–Crippen LogP) is 2.00. The molecule has 0 aromatic heterocycles. The molecule has 1 saturated heterocycles. The van der Waals surface area contributed by atoms with Crippen LogP contribution >= 0.6 is 0 Å². The van der Waals surface area contributed by atoms with Gasteiger partial charge in [-0.3, -0.25) is 4.72 Å². The molecule has 3 aliphatic carbocycles. The Bertz CT molecular complexity index is 659. The zero-order valence-corrected chi connectivity index (χ0v) is 12.7. The minimum absolute atomic E-state index is 0.146. The second-order valence-electron chi connectivity index (χ2n) is 6.19. The summed E-state index contributed by atoms with van der Waals surface area (Å²) in [6.45, 7) is 0. The summed E-state index contributed by atoms with van der Waals surface area (Å²) in [5.41, 5.74) is 0.509. The second kappa shape index (κ2) is 4.61. The van der Waals surface area contributed by atoms with Gasteiger partial charge in [-0.1, -0.05) is 12.1 Å². The van der Waals surface area contributed by atoms with Crippen LogP contribution in [0.15, 0.2) is 24.3 Å². The second-order valence-corrected chi connectivity index (χ2v) is 8.09. The summed E-state index contributed by atoms with van der Waals surface area (Å²) in [4.78, 5) is 0. The molecule has 3 saturated carbocycles. The number of fused-ring (bicyclic) bond motifs is 2. The maximum Gasteiger partial charge on any atom is 0.236 e. The quantitative estimate of drug-likeness (QED) is 0.864. The molecule has 5 nitrogen and oxygen atoms in total. The number of sulfonamides is 1. The molecular formula is C15H19NO4S. The van der Waals surface area contributed by atoms with Gasteiger partial charge >= 0.3 is 0 Å². The van der Waals surface area contributed by atoms with Crippen molar-refractivity contribution in [2.75, 3.05) is 11.8 Å². The predicted molar refractivity (Wildman–Crippen MR) is 78.8 cm³/mol. The van der Waals surface area contributed by atoms with Crippen LogP contribution in [0.25, 0.3) is 0 Å². The van der Waals surface area contributed by atoms with Crippen molar-refractivity contribution in [3.8, 4) is 5.75 Å². The first-order valence-electron chi connectivity index (χ1n) is 7.40. The third-order valence-corrected chi connectivity index (χ3v) is 6.93. The van der Waals surface area contributed by atoms with Crippen molar-refractivity contribution in [2.24, 2.45) is 11.8 Å². The normalized spacial score (nSPS) is 36.9. The first-order chi connectivity index (χ1) is 10.1. The topological polar surface area (TPSA) is 67.9 Å². The molecule has 0 spiro atoms. The Labute approximate surface area is 124 Å². The van der Waals surface area contributed by atoms with Crippen LogP contribution in [0.5, 0.6) is 5.75 Å². The summed E-state index contributed by atoms with van der Waals surface area (Å²) in [6, 6.07) is 7.11. The highest BCUT2D eigenvalue weighted by Gasteiger charge is 2.61. The third kappa shape index (κ3) is 2.12. The smallest absolute Gasteiger partial charge is 0.236 e. The summed E-state index contributed by atoms with van der Waals surface area (Å²) in [5.74, 6) is 1.11. The Balaban J connectivity index is 1.59. The highest BCUT2D eigenvalue weighted by Crippen LogP contribution is 2.54. The number of nitrogens with one attached hydrogen (secondary N) is 1. The fraction of sp³-hybridized carbons (Fsp3) is 0.600. The van der Waals surface area contributed by atoms with E-state index >= 15 is 0 Å². The molecule has 0 radical (unpaired) electrons. The number of epoxide rings is 1. The van der Waals surface area contributed by atoms with Crippen LogP contribution in [0.4, 0.5) is 5.69 Å². The van der Waals surface area contributed by atoms with E-state index in [0.29, 0.717) is 23.5 Å². The van der Waals surface area contributed by atoms with Crippen LogP contribution in [-0.4, -0.2) is 33.0 Å². The van der Waals surface area contributed by atoms with E-state index < -0.39 is 10.0 Å². The van der Waals surface area contributed by atoms with Gasteiger partial charge < -0.3 is 9.47 Å². The molecule has 4 aliphatic rings. The number of hydrogen-bond donors (Lipinski definition) is 1. The average molecular weight is 309 g/mol. The first-order valence-corrected chi connectivity index (χ1v) is 8.95. The number of ether oxygens (including phenoxy) is 2. The molecule has 1 heterocycles. The van der Waals surface area contributed by atoms with E-state index in [4.69, 9.17) is 9.47 Å². The molecule has 4 fully saturated rings. The van der Waals surface area contributed by atoms with Gasteiger partial charge in [-0.25, -0.2) is 8.42 Å². The van der Waals surface area contributed by atoms with Crippen molar-refractivity contribution < 1.29 is 17.9 Å². The molecule has 114 valence electrons. The van der Waals surface area contributed by atoms with Crippen LogP contribution in [-0.2, 0) is 14.8 Å². The number of para-hydroxylation sites is 2. The summed E-state index contributed by atoms with van der Waals surface area (Å²) in [6.07, 6.45) is 3.30. The SMILES string of the molecule is COc1ccccc1NS(=O)(=O)[C@@H]1C[C@H]2CC[C@@H]1[C@@H]1O[C@H]21. The number of hydrogen-bond acceptors (Lipinski definition) is 4. The van der Waals surface area contributed by atoms with Gasteiger partial charge in [-0.15, -0.1) is 0 Å². The molecule has 1 aromatic rings. The Morgan fingerprint density at radius 2 is 2.05 bits per heavy atom. The van der Waals surface area contributed by atoms with Crippen molar-refractivity contribution >= 4 is 15.7 Å². The van der Waals surface area contributed by atoms with Gasteiger partial charge in [0, 0.05) is 5.92 Å². The summed E-state index contributed by atoms with van der Waals surface area (Å²) >= 11 is 0. The molecule has 1 N–H and O–H groups in total. The van der Waals surface area contributed by atoms with Gasteiger partial charge in [0.1, 0.15) is 5.75 Å².